The first-order valence-corrected chi connectivity index (χ1v) is 14.3. The number of hydrogen-bond acceptors (Lipinski definition) is 2. The minimum Gasteiger partial charge on any atom is -0.346 e. The van der Waals surface area contributed by atoms with Crippen LogP contribution in [0.2, 0.25) is 0 Å². The SMILES string of the molecule is C#C[SiH]1N(c2c(C(C)C)cccc2C(C)C)C(=C)C=C(C)N1c1c(C(C)C)cccc1C(C)C. The van der Waals surface area contributed by atoms with Gasteiger partial charge >= 0.3 is 9.12 Å². The highest BCUT2D eigenvalue weighted by Crippen LogP contribution is 2.44. The van der Waals surface area contributed by atoms with Crippen molar-refractivity contribution in [2.45, 2.75) is 86.0 Å². The normalized spacial score (nSPS) is 16.6. The van der Waals surface area contributed by atoms with Crippen LogP contribution in [0, 0.1) is 12.0 Å². The van der Waals surface area contributed by atoms with Crippen molar-refractivity contribution in [3.8, 4) is 12.0 Å². The molecule has 2 aromatic carbocycles. The van der Waals surface area contributed by atoms with Crippen LogP contribution < -0.4 is 9.13 Å². The first-order chi connectivity index (χ1) is 16.0. The second-order valence-corrected chi connectivity index (χ2v) is 12.9. The Hall–Kier alpha value is -2.70. The van der Waals surface area contributed by atoms with Gasteiger partial charge in [0.15, 0.2) is 0 Å². The summed E-state index contributed by atoms with van der Waals surface area (Å²) in [7, 11) is -2.15. The average Bonchev–Trinajstić information content (AvgIpc) is 2.77. The van der Waals surface area contributed by atoms with Gasteiger partial charge in [0.1, 0.15) is 0 Å². The van der Waals surface area contributed by atoms with Crippen molar-refractivity contribution < 1.29 is 0 Å². The quantitative estimate of drug-likeness (QED) is 0.309. The number of para-hydroxylation sites is 2. The van der Waals surface area contributed by atoms with Crippen LogP contribution in [0.25, 0.3) is 0 Å². The summed E-state index contributed by atoms with van der Waals surface area (Å²) in [6.07, 6.45) is 8.67. The highest BCUT2D eigenvalue weighted by molar-refractivity contribution is 6.76. The third kappa shape index (κ3) is 4.61. The number of benzene rings is 2. The van der Waals surface area contributed by atoms with E-state index in [0.29, 0.717) is 23.7 Å². The molecule has 34 heavy (non-hydrogen) atoms. The zero-order valence-corrected chi connectivity index (χ0v) is 23.8. The molecule has 3 heteroatoms. The molecule has 0 radical (unpaired) electrons. The smallest absolute Gasteiger partial charge is 0.339 e. The lowest BCUT2D eigenvalue weighted by Gasteiger charge is -2.46. The molecule has 0 N–H and O–H groups in total. The van der Waals surface area contributed by atoms with Gasteiger partial charge in [-0.25, -0.2) is 0 Å². The first kappa shape index (κ1) is 25.9. The van der Waals surface area contributed by atoms with E-state index in [-0.39, 0.29) is 0 Å². The maximum Gasteiger partial charge on any atom is 0.339 e. The Morgan fingerprint density at radius 1 is 0.706 bits per heavy atom. The van der Waals surface area contributed by atoms with Crippen LogP contribution in [0.15, 0.2) is 60.4 Å². The van der Waals surface area contributed by atoms with Crippen molar-refractivity contribution in [2.24, 2.45) is 0 Å². The lowest BCUT2D eigenvalue weighted by molar-refractivity contribution is 0.824. The van der Waals surface area contributed by atoms with Crippen molar-refractivity contribution in [1.29, 1.82) is 0 Å². The summed E-state index contributed by atoms with van der Waals surface area (Å²) in [5.41, 5.74) is 13.5. The maximum absolute atomic E-state index is 6.45. The fourth-order valence-corrected chi connectivity index (χ4v) is 7.60. The fraction of sp³-hybridized carbons (Fsp3) is 0.419. The molecule has 1 atom stereocenters. The zero-order valence-electron chi connectivity index (χ0n) is 22.6. The van der Waals surface area contributed by atoms with Gasteiger partial charge in [0.05, 0.1) is 0 Å². The molecule has 1 unspecified atom stereocenters. The summed E-state index contributed by atoms with van der Waals surface area (Å²) in [5, 5.41) is 0. The van der Waals surface area contributed by atoms with Gasteiger partial charge in [-0.2, -0.15) is 0 Å². The van der Waals surface area contributed by atoms with Gasteiger partial charge in [-0.05, 0) is 58.9 Å². The van der Waals surface area contributed by atoms with E-state index in [4.69, 9.17) is 6.42 Å². The van der Waals surface area contributed by atoms with Crippen LogP contribution in [0.4, 0.5) is 11.4 Å². The van der Waals surface area contributed by atoms with Crippen LogP contribution in [-0.2, 0) is 0 Å². The molecule has 2 aromatic rings. The zero-order chi connectivity index (χ0) is 25.3. The molecule has 0 aromatic heterocycles. The predicted octanol–water partition coefficient (Wildman–Crippen LogP) is 8.32. The number of rotatable bonds is 6. The fourth-order valence-electron chi connectivity index (χ4n) is 5.14. The third-order valence-electron chi connectivity index (χ3n) is 6.87. The number of terminal acetylenes is 1. The van der Waals surface area contributed by atoms with E-state index in [2.05, 4.69) is 126 Å². The Labute approximate surface area is 210 Å². The van der Waals surface area contributed by atoms with E-state index >= 15 is 0 Å². The molecule has 180 valence electrons. The van der Waals surface area contributed by atoms with Crippen LogP contribution in [0.5, 0.6) is 0 Å². The topological polar surface area (TPSA) is 6.48 Å². The van der Waals surface area contributed by atoms with Crippen molar-refractivity contribution >= 4 is 20.5 Å². The lowest BCUT2D eigenvalue weighted by atomic mass is 9.92. The molecule has 0 saturated carbocycles. The molecule has 1 aliphatic heterocycles. The van der Waals surface area contributed by atoms with E-state index in [0.717, 1.165) is 5.70 Å². The van der Waals surface area contributed by atoms with Gasteiger partial charge in [0.2, 0.25) is 0 Å². The largest absolute Gasteiger partial charge is 0.346 e. The minimum atomic E-state index is -2.15. The number of nitrogens with zero attached hydrogens (tertiary/aromatic N) is 2. The van der Waals surface area contributed by atoms with Gasteiger partial charge in [-0.15, -0.1) is 6.42 Å². The maximum atomic E-state index is 6.45. The summed E-state index contributed by atoms with van der Waals surface area (Å²) < 4.78 is 4.96. The van der Waals surface area contributed by atoms with Crippen molar-refractivity contribution in [3.63, 3.8) is 0 Å². The predicted molar refractivity (Wildman–Crippen MR) is 153 cm³/mol. The summed E-state index contributed by atoms with van der Waals surface area (Å²) in [6.45, 7) is 24.9. The van der Waals surface area contributed by atoms with Gasteiger partial charge in [-0.3, -0.25) is 0 Å². The Morgan fingerprint density at radius 3 is 1.38 bits per heavy atom. The average molecular weight is 471 g/mol. The lowest BCUT2D eigenvalue weighted by Crippen LogP contribution is -2.55. The highest BCUT2D eigenvalue weighted by atomic mass is 28.3. The Bertz CT molecular complexity index is 1080. The molecular formula is C31H42N2Si. The number of allylic oxidation sites excluding steroid dienone is 2. The molecule has 0 fully saturated rings. The summed E-state index contributed by atoms with van der Waals surface area (Å²) in [4.78, 5) is 0. The second-order valence-electron chi connectivity index (χ2n) is 10.7. The molecule has 2 nitrogen and oxygen atoms in total. The van der Waals surface area contributed by atoms with E-state index in [1.165, 1.54) is 39.3 Å². The van der Waals surface area contributed by atoms with E-state index in [1.54, 1.807) is 0 Å². The van der Waals surface area contributed by atoms with Crippen molar-refractivity contribution in [3.05, 3.63) is 82.7 Å². The van der Waals surface area contributed by atoms with Crippen LogP contribution >= 0.6 is 0 Å². The van der Waals surface area contributed by atoms with Crippen LogP contribution in [0.3, 0.4) is 0 Å². The van der Waals surface area contributed by atoms with Crippen molar-refractivity contribution in [1.82, 2.24) is 0 Å². The molecule has 0 bridgehead atoms. The monoisotopic (exact) mass is 470 g/mol. The van der Waals surface area contributed by atoms with E-state index in [1.807, 2.05) is 0 Å². The molecule has 0 aliphatic carbocycles. The Balaban J connectivity index is 2.36. The molecule has 0 saturated heterocycles. The molecule has 1 heterocycles. The Morgan fingerprint density at radius 2 is 1.06 bits per heavy atom. The summed E-state index contributed by atoms with van der Waals surface area (Å²) >= 11 is 0. The van der Waals surface area contributed by atoms with Crippen molar-refractivity contribution in [2.75, 3.05) is 9.13 Å². The summed E-state index contributed by atoms with van der Waals surface area (Å²) in [5.74, 6) is 1.59. The van der Waals surface area contributed by atoms with Gasteiger partial charge in [-0.1, -0.05) is 104 Å². The molecular weight excluding hydrogens is 428 g/mol. The molecule has 1 aliphatic rings. The van der Waals surface area contributed by atoms with E-state index < -0.39 is 9.12 Å². The molecule has 3 rings (SSSR count). The summed E-state index contributed by atoms with van der Waals surface area (Å²) in [6, 6.07) is 13.5. The van der Waals surface area contributed by atoms with Gasteiger partial charge in [0, 0.05) is 22.8 Å². The number of anilines is 2. The minimum absolute atomic E-state index is 0.392. The number of hydrogen-bond donors (Lipinski definition) is 0. The van der Waals surface area contributed by atoms with Crippen LogP contribution in [0.1, 0.15) is 108 Å². The van der Waals surface area contributed by atoms with E-state index in [9.17, 15) is 0 Å². The molecule has 0 spiro atoms. The Kier molecular flexibility index (Phi) is 7.83. The highest BCUT2D eigenvalue weighted by Gasteiger charge is 2.38. The van der Waals surface area contributed by atoms with Gasteiger partial charge in [0.25, 0.3) is 0 Å². The van der Waals surface area contributed by atoms with Crippen LogP contribution in [-0.4, -0.2) is 9.12 Å². The third-order valence-corrected chi connectivity index (χ3v) is 9.40. The first-order valence-electron chi connectivity index (χ1n) is 12.7. The van der Waals surface area contributed by atoms with Gasteiger partial charge < -0.3 is 9.13 Å². The second kappa shape index (κ2) is 10.3. The standard InChI is InChI=1S/C31H42N2Si/c1-12-34-32(30-26(20(2)3)15-13-16-27(30)21(4)5)24(10)19-25(11)33(34)31-28(22(6)7)17-14-18-29(31)23(8)9/h1,13-23,34H,10H2,2-9,11H3. The molecule has 0 amide bonds.